The first-order valence-corrected chi connectivity index (χ1v) is 7.51. The molecule has 6 heteroatoms. The van der Waals surface area contributed by atoms with E-state index in [0.717, 1.165) is 11.1 Å². The summed E-state index contributed by atoms with van der Waals surface area (Å²) in [5.41, 5.74) is 2.32. The third-order valence-corrected chi connectivity index (χ3v) is 4.27. The Morgan fingerprint density at radius 3 is 2.64 bits per heavy atom. The zero-order valence-corrected chi connectivity index (χ0v) is 13.7. The number of halogens is 1. The standard InChI is InChI=1S/C16H17BrN2O3/c1-22-15(21)13-6-4-12(5-7-13)9-19-16(17,11-20)14-3-2-8-18-10-14/h2-8,10,19-20H,9,11H2,1H3. The van der Waals surface area contributed by atoms with Crippen molar-refractivity contribution in [3.05, 3.63) is 65.5 Å². The number of hydrogen-bond acceptors (Lipinski definition) is 5. The van der Waals surface area contributed by atoms with Gasteiger partial charge in [0, 0.05) is 24.5 Å². The molecule has 1 aromatic heterocycles. The molecule has 1 heterocycles. The first-order chi connectivity index (χ1) is 10.6. The van der Waals surface area contributed by atoms with Crippen LogP contribution in [0.15, 0.2) is 48.8 Å². The first kappa shape index (κ1) is 16.6. The molecule has 2 aromatic rings. The number of carbonyl (C=O) groups excluding carboxylic acids is 1. The molecular weight excluding hydrogens is 348 g/mol. The molecule has 0 aliphatic carbocycles. The van der Waals surface area contributed by atoms with Crippen molar-refractivity contribution in [3.63, 3.8) is 0 Å². The van der Waals surface area contributed by atoms with Gasteiger partial charge in [0.05, 0.1) is 19.3 Å². The predicted octanol–water partition coefficient (Wildman–Crippen LogP) is 2.20. The van der Waals surface area contributed by atoms with E-state index in [4.69, 9.17) is 0 Å². The summed E-state index contributed by atoms with van der Waals surface area (Å²) in [4.78, 5) is 15.4. The Labute approximate surface area is 137 Å². The zero-order valence-electron chi connectivity index (χ0n) is 12.1. The number of ether oxygens (including phenoxy) is 1. The van der Waals surface area contributed by atoms with Gasteiger partial charge < -0.3 is 9.84 Å². The van der Waals surface area contributed by atoms with Crippen LogP contribution in [0, 0.1) is 0 Å². The van der Waals surface area contributed by atoms with Gasteiger partial charge in [0.1, 0.15) is 4.45 Å². The van der Waals surface area contributed by atoms with Crippen LogP contribution in [-0.4, -0.2) is 29.8 Å². The molecule has 116 valence electrons. The number of carbonyl (C=O) groups is 1. The SMILES string of the molecule is COC(=O)c1ccc(CNC(Br)(CO)c2cccnc2)cc1. The normalized spacial score (nSPS) is 13.4. The summed E-state index contributed by atoms with van der Waals surface area (Å²) in [6.45, 7) is 0.390. The number of aliphatic hydroxyl groups excluding tert-OH is 1. The number of nitrogens with one attached hydrogen (secondary N) is 1. The fourth-order valence-corrected chi connectivity index (χ4v) is 2.34. The molecule has 22 heavy (non-hydrogen) atoms. The second-order valence-electron chi connectivity index (χ2n) is 4.74. The minimum Gasteiger partial charge on any atom is -0.465 e. The summed E-state index contributed by atoms with van der Waals surface area (Å²) >= 11 is 3.52. The Bertz CT molecular complexity index is 619. The minimum absolute atomic E-state index is 0.126. The molecule has 1 aromatic carbocycles. The molecule has 0 aliphatic heterocycles. The van der Waals surface area contributed by atoms with Crippen molar-refractivity contribution >= 4 is 21.9 Å². The van der Waals surface area contributed by atoms with E-state index < -0.39 is 4.45 Å². The van der Waals surface area contributed by atoms with Crippen molar-refractivity contribution in [3.8, 4) is 0 Å². The molecule has 5 nitrogen and oxygen atoms in total. The van der Waals surface area contributed by atoms with E-state index >= 15 is 0 Å². The van der Waals surface area contributed by atoms with Crippen LogP contribution in [0.2, 0.25) is 0 Å². The van der Waals surface area contributed by atoms with E-state index in [2.05, 4.69) is 31.0 Å². The Hall–Kier alpha value is -1.76. The quantitative estimate of drug-likeness (QED) is 0.467. The second kappa shape index (κ2) is 7.49. The molecule has 0 aliphatic rings. The van der Waals surface area contributed by atoms with Gasteiger partial charge in [-0.2, -0.15) is 0 Å². The van der Waals surface area contributed by atoms with Crippen molar-refractivity contribution in [2.24, 2.45) is 0 Å². The maximum Gasteiger partial charge on any atom is 0.337 e. The van der Waals surface area contributed by atoms with Crippen LogP contribution < -0.4 is 5.32 Å². The molecular formula is C16H17BrN2O3. The summed E-state index contributed by atoms with van der Waals surface area (Å²) in [5, 5.41) is 12.9. The Kier molecular flexibility index (Phi) is 5.65. The number of aromatic nitrogens is 1. The number of hydrogen-bond donors (Lipinski definition) is 2. The first-order valence-electron chi connectivity index (χ1n) is 6.71. The number of methoxy groups -OCH3 is 1. The Morgan fingerprint density at radius 2 is 2.09 bits per heavy atom. The van der Waals surface area contributed by atoms with Gasteiger partial charge in [0.25, 0.3) is 0 Å². The number of esters is 1. The Balaban J connectivity index is 2.06. The van der Waals surface area contributed by atoms with Crippen molar-refractivity contribution in [2.75, 3.05) is 13.7 Å². The van der Waals surface area contributed by atoms with E-state index in [0.29, 0.717) is 12.1 Å². The summed E-state index contributed by atoms with van der Waals surface area (Å²) in [6.07, 6.45) is 3.37. The smallest absolute Gasteiger partial charge is 0.337 e. The van der Waals surface area contributed by atoms with Crippen molar-refractivity contribution in [1.82, 2.24) is 10.3 Å². The lowest BCUT2D eigenvalue weighted by molar-refractivity contribution is 0.0600. The lowest BCUT2D eigenvalue weighted by atomic mass is 10.1. The molecule has 0 saturated carbocycles. The van der Waals surface area contributed by atoms with Crippen LogP contribution >= 0.6 is 15.9 Å². The van der Waals surface area contributed by atoms with E-state index in [1.165, 1.54) is 7.11 Å². The molecule has 2 N–H and O–H groups in total. The van der Waals surface area contributed by atoms with Gasteiger partial charge in [0.2, 0.25) is 0 Å². The average molecular weight is 365 g/mol. The number of benzene rings is 1. The van der Waals surface area contributed by atoms with Crippen molar-refractivity contribution < 1.29 is 14.6 Å². The van der Waals surface area contributed by atoms with Crippen LogP contribution in [0.5, 0.6) is 0 Å². The molecule has 0 spiro atoms. The van der Waals surface area contributed by atoms with Crippen LogP contribution in [0.25, 0.3) is 0 Å². The highest BCUT2D eigenvalue weighted by atomic mass is 79.9. The summed E-state index contributed by atoms with van der Waals surface area (Å²) in [6, 6.07) is 10.8. The summed E-state index contributed by atoms with van der Waals surface area (Å²) < 4.78 is 3.90. The molecule has 0 fully saturated rings. The summed E-state index contributed by atoms with van der Waals surface area (Å²) in [7, 11) is 1.35. The van der Waals surface area contributed by atoms with Gasteiger partial charge in [-0.15, -0.1) is 0 Å². The molecule has 2 rings (SSSR count). The van der Waals surface area contributed by atoms with Crippen molar-refractivity contribution in [1.29, 1.82) is 0 Å². The van der Waals surface area contributed by atoms with E-state index in [-0.39, 0.29) is 12.6 Å². The highest BCUT2D eigenvalue weighted by Crippen LogP contribution is 2.27. The number of pyridine rings is 1. The van der Waals surface area contributed by atoms with Gasteiger partial charge in [0.15, 0.2) is 0 Å². The lowest BCUT2D eigenvalue weighted by Gasteiger charge is -2.27. The van der Waals surface area contributed by atoms with Crippen LogP contribution in [0.1, 0.15) is 21.5 Å². The van der Waals surface area contributed by atoms with Gasteiger partial charge >= 0.3 is 5.97 Å². The number of alkyl halides is 1. The molecule has 0 bridgehead atoms. The van der Waals surface area contributed by atoms with Gasteiger partial charge in [-0.25, -0.2) is 4.79 Å². The third kappa shape index (κ3) is 3.91. The molecule has 1 unspecified atom stereocenters. The van der Waals surface area contributed by atoms with Gasteiger partial charge in [-0.05, 0) is 23.8 Å². The zero-order chi connectivity index (χ0) is 16.0. The second-order valence-corrected chi connectivity index (χ2v) is 6.10. The maximum absolute atomic E-state index is 11.4. The largest absolute Gasteiger partial charge is 0.465 e. The van der Waals surface area contributed by atoms with Crippen LogP contribution in [-0.2, 0) is 15.7 Å². The summed E-state index contributed by atoms with van der Waals surface area (Å²) in [5.74, 6) is -0.361. The lowest BCUT2D eigenvalue weighted by Crippen LogP contribution is -2.39. The fourth-order valence-electron chi connectivity index (χ4n) is 1.97. The van der Waals surface area contributed by atoms with Gasteiger partial charge in [-0.3, -0.25) is 10.3 Å². The molecule has 0 saturated heterocycles. The topological polar surface area (TPSA) is 71.5 Å². The highest BCUT2D eigenvalue weighted by molar-refractivity contribution is 9.09. The average Bonchev–Trinajstić information content (AvgIpc) is 2.60. The van der Waals surface area contributed by atoms with Gasteiger partial charge in [-0.1, -0.05) is 34.1 Å². The number of nitrogens with zero attached hydrogens (tertiary/aromatic N) is 1. The van der Waals surface area contributed by atoms with Crippen molar-refractivity contribution in [2.45, 2.75) is 11.0 Å². The van der Waals surface area contributed by atoms with Crippen LogP contribution in [0.3, 0.4) is 0 Å². The van der Waals surface area contributed by atoms with E-state index in [1.807, 2.05) is 24.3 Å². The minimum atomic E-state index is -0.762. The van der Waals surface area contributed by atoms with E-state index in [1.54, 1.807) is 24.5 Å². The molecule has 1 atom stereocenters. The monoisotopic (exact) mass is 364 g/mol. The molecule has 0 amide bonds. The Morgan fingerprint density at radius 1 is 1.36 bits per heavy atom. The molecule has 0 radical (unpaired) electrons. The fraction of sp³-hybridized carbons (Fsp3) is 0.250. The van der Waals surface area contributed by atoms with E-state index in [9.17, 15) is 9.90 Å². The number of aliphatic hydroxyl groups is 1. The third-order valence-electron chi connectivity index (χ3n) is 3.28. The number of rotatable bonds is 6. The maximum atomic E-state index is 11.4. The predicted molar refractivity (Wildman–Crippen MR) is 86.5 cm³/mol. The van der Waals surface area contributed by atoms with Crippen LogP contribution in [0.4, 0.5) is 0 Å². The highest BCUT2D eigenvalue weighted by Gasteiger charge is 2.27.